The van der Waals surface area contributed by atoms with Crippen molar-refractivity contribution in [3.05, 3.63) is 59.9 Å². The Morgan fingerprint density at radius 3 is 2.62 bits per heavy atom. The average molecular weight is 397 g/mol. The van der Waals surface area contributed by atoms with Crippen LogP contribution in [0.1, 0.15) is 22.0 Å². The smallest absolute Gasteiger partial charge is 0.254 e. The molecule has 1 amide bonds. The summed E-state index contributed by atoms with van der Waals surface area (Å²) in [5, 5.41) is 3.31. The fourth-order valence-electron chi connectivity index (χ4n) is 2.88. The molecule has 1 aromatic carbocycles. The van der Waals surface area contributed by atoms with Gasteiger partial charge >= 0.3 is 0 Å². The largest absolute Gasteiger partial charge is 0.329 e. The van der Waals surface area contributed by atoms with Gasteiger partial charge < -0.3 is 10.2 Å². The van der Waals surface area contributed by atoms with Crippen LogP contribution in [0.5, 0.6) is 0 Å². The van der Waals surface area contributed by atoms with E-state index in [1.807, 2.05) is 17.0 Å². The van der Waals surface area contributed by atoms with Crippen LogP contribution in [0.4, 0.5) is 5.69 Å². The number of hydrogen-bond donors (Lipinski definition) is 2. The second-order valence-electron chi connectivity index (χ2n) is 5.96. The predicted octanol–water partition coefficient (Wildman–Crippen LogP) is 1.66. The minimum absolute atomic E-state index is 0. The molecule has 1 aromatic heterocycles. The molecule has 0 radical (unpaired) electrons. The Bertz CT molecular complexity index is 844. The van der Waals surface area contributed by atoms with Gasteiger partial charge in [-0.05, 0) is 35.9 Å². The molecule has 0 spiro atoms. The number of nitrogens with zero attached hydrogens (tertiary/aromatic N) is 2. The summed E-state index contributed by atoms with van der Waals surface area (Å²) in [7, 11) is -3.34. The summed E-state index contributed by atoms with van der Waals surface area (Å²) < 4.78 is 24.9. The fraction of sp³-hybridized carbons (Fsp3) is 0.294. The molecule has 1 aliphatic rings. The minimum Gasteiger partial charge on any atom is -0.329 e. The van der Waals surface area contributed by atoms with Crippen LogP contribution in [0.3, 0.4) is 0 Å². The van der Waals surface area contributed by atoms with E-state index in [9.17, 15) is 13.2 Å². The zero-order valence-electron chi connectivity index (χ0n) is 14.3. The van der Waals surface area contributed by atoms with E-state index >= 15 is 0 Å². The number of anilines is 1. The van der Waals surface area contributed by atoms with Gasteiger partial charge in [0.15, 0.2) is 0 Å². The van der Waals surface area contributed by atoms with Gasteiger partial charge in [-0.25, -0.2) is 8.42 Å². The van der Waals surface area contributed by atoms with E-state index in [0.29, 0.717) is 24.3 Å². The molecule has 2 N–H and O–H groups in total. The fourth-order valence-corrected chi connectivity index (χ4v) is 3.44. The summed E-state index contributed by atoms with van der Waals surface area (Å²) in [5.41, 5.74) is 1.94. The molecule has 7 nitrogen and oxygen atoms in total. The highest BCUT2D eigenvalue weighted by Gasteiger charge is 2.28. The van der Waals surface area contributed by atoms with E-state index < -0.39 is 10.0 Å². The van der Waals surface area contributed by atoms with Crippen LogP contribution in [0.2, 0.25) is 0 Å². The third-order valence-electron chi connectivity index (χ3n) is 4.01. The first-order valence-electron chi connectivity index (χ1n) is 7.93. The van der Waals surface area contributed by atoms with Gasteiger partial charge in [0.05, 0.1) is 12.3 Å². The van der Waals surface area contributed by atoms with Crippen molar-refractivity contribution >= 4 is 34.0 Å². The van der Waals surface area contributed by atoms with Crippen LogP contribution in [0.15, 0.2) is 48.8 Å². The van der Waals surface area contributed by atoms with E-state index in [1.165, 1.54) is 0 Å². The number of rotatable bonds is 4. The third kappa shape index (κ3) is 4.94. The second kappa shape index (κ2) is 8.48. The van der Waals surface area contributed by atoms with Gasteiger partial charge in [-0.1, -0.05) is 6.07 Å². The maximum absolute atomic E-state index is 12.9. The van der Waals surface area contributed by atoms with Crippen LogP contribution in [-0.4, -0.2) is 50.1 Å². The molecule has 2 aromatic rings. The lowest BCUT2D eigenvalue weighted by Crippen LogP contribution is -2.48. The van der Waals surface area contributed by atoms with E-state index in [2.05, 4.69) is 15.0 Å². The lowest BCUT2D eigenvalue weighted by molar-refractivity contribution is 0.0634. The summed E-state index contributed by atoms with van der Waals surface area (Å²) in [4.78, 5) is 18.9. The van der Waals surface area contributed by atoms with Gasteiger partial charge in [-0.2, -0.15) is 0 Å². The number of amides is 1. The molecule has 140 valence electrons. The molecular formula is C17H21ClN4O3S. The summed E-state index contributed by atoms with van der Waals surface area (Å²) in [6.45, 7) is 2.00. The summed E-state index contributed by atoms with van der Waals surface area (Å²) >= 11 is 0. The van der Waals surface area contributed by atoms with Crippen molar-refractivity contribution in [1.29, 1.82) is 0 Å². The molecule has 26 heavy (non-hydrogen) atoms. The van der Waals surface area contributed by atoms with Gasteiger partial charge in [0, 0.05) is 43.3 Å². The molecular weight excluding hydrogens is 376 g/mol. The third-order valence-corrected chi connectivity index (χ3v) is 4.62. The lowest BCUT2D eigenvalue weighted by Gasteiger charge is -2.36. The molecule has 0 bridgehead atoms. The number of piperazine rings is 1. The average Bonchev–Trinajstić information content (AvgIpc) is 2.61. The van der Waals surface area contributed by atoms with Gasteiger partial charge in [0.25, 0.3) is 5.91 Å². The Hall–Kier alpha value is -2.16. The Labute approximate surface area is 159 Å². The Balaban J connectivity index is 0.00000243. The SMILES string of the molecule is CS(=O)(=O)Nc1ccc(C(=O)N2CCNCC2c2cccnc2)cc1.Cl. The molecule has 2 heterocycles. The van der Waals surface area contributed by atoms with Crippen LogP contribution in [0.25, 0.3) is 0 Å². The van der Waals surface area contributed by atoms with Crippen molar-refractivity contribution < 1.29 is 13.2 Å². The molecule has 1 unspecified atom stereocenters. The standard InChI is InChI=1S/C17H20N4O3S.ClH/c1-25(23,24)20-15-6-4-13(5-7-15)17(22)21-10-9-19-12-16(21)14-3-2-8-18-11-14;/h2-8,11,16,19-20H,9-10,12H2,1H3;1H. The minimum atomic E-state index is -3.34. The van der Waals surface area contributed by atoms with Crippen molar-refractivity contribution in [1.82, 2.24) is 15.2 Å². The normalized spacial score (nSPS) is 17.3. The van der Waals surface area contributed by atoms with E-state index in [0.717, 1.165) is 18.4 Å². The first-order chi connectivity index (χ1) is 11.9. The summed E-state index contributed by atoms with van der Waals surface area (Å²) in [6, 6.07) is 10.2. The lowest BCUT2D eigenvalue weighted by atomic mass is 10.0. The molecule has 1 fully saturated rings. The van der Waals surface area contributed by atoms with Crippen LogP contribution < -0.4 is 10.0 Å². The maximum Gasteiger partial charge on any atom is 0.254 e. The molecule has 9 heteroatoms. The zero-order chi connectivity index (χ0) is 17.9. The number of carbonyl (C=O) groups excluding carboxylic acids is 1. The van der Waals surface area contributed by atoms with Crippen molar-refractivity contribution in [2.75, 3.05) is 30.6 Å². The number of benzene rings is 1. The second-order valence-corrected chi connectivity index (χ2v) is 7.70. The van der Waals surface area contributed by atoms with Gasteiger partial charge in [-0.15, -0.1) is 12.4 Å². The summed E-state index contributed by atoms with van der Waals surface area (Å²) in [5.74, 6) is -0.0822. The number of halogens is 1. The first kappa shape index (κ1) is 20.2. The van der Waals surface area contributed by atoms with Crippen molar-refractivity contribution in [2.24, 2.45) is 0 Å². The van der Waals surface area contributed by atoms with Crippen LogP contribution in [0, 0.1) is 0 Å². The molecule has 0 aliphatic carbocycles. The van der Waals surface area contributed by atoms with Gasteiger partial charge in [-0.3, -0.25) is 14.5 Å². The van der Waals surface area contributed by atoms with E-state index in [-0.39, 0.29) is 24.4 Å². The predicted molar refractivity (Wildman–Crippen MR) is 103 cm³/mol. The molecule has 1 aliphatic heterocycles. The Morgan fingerprint density at radius 2 is 2.00 bits per heavy atom. The van der Waals surface area contributed by atoms with Crippen LogP contribution >= 0.6 is 12.4 Å². The first-order valence-corrected chi connectivity index (χ1v) is 9.83. The zero-order valence-corrected chi connectivity index (χ0v) is 15.9. The molecule has 1 atom stereocenters. The highest BCUT2D eigenvalue weighted by atomic mass is 35.5. The monoisotopic (exact) mass is 396 g/mol. The Morgan fingerprint density at radius 1 is 1.27 bits per heavy atom. The number of hydrogen-bond acceptors (Lipinski definition) is 5. The quantitative estimate of drug-likeness (QED) is 0.820. The van der Waals surface area contributed by atoms with Gasteiger partial charge in [0.1, 0.15) is 0 Å². The number of sulfonamides is 1. The van der Waals surface area contributed by atoms with Gasteiger partial charge in [0.2, 0.25) is 10.0 Å². The summed E-state index contributed by atoms with van der Waals surface area (Å²) in [6.07, 6.45) is 4.57. The van der Waals surface area contributed by atoms with Crippen molar-refractivity contribution in [2.45, 2.75) is 6.04 Å². The highest BCUT2D eigenvalue weighted by Crippen LogP contribution is 2.24. The molecule has 3 rings (SSSR count). The van der Waals surface area contributed by atoms with E-state index in [1.54, 1.807) is 36.7 Å². The number of aromatic nitrogens is 1. The number of nitrogens with one attached hydrogen (secondary N) is 2. The molecule has 0 saturated carbocycles. The topological polar surface area (TPSA) is 91.4 Å². The number of carbonyl (C=O) groups is 1. The van der Waals surface area contributed by atoms with E-state index in [4.69, 9.17) is 0 Å². The van der Waals surface area contributed by atoms with Crippen LogP contribution in [-0.2, 0) is 10.0 Å². The highest BCUT2D eigenvalue weighted by molar-refractivity contribution is 7.92. The van der Waals surface area contributed by atoms with Crippen molar-refractivity contribution in [3.63, 3.8) is 0 Å². The molecule has 1 saturated heterocycles. The number of pyridine rings is 1. The van der Waals surface area contributed by atoms with Crippen molar-refractivity contribution in [3.8, 4) is 0 Å². The maximum atomic E-state index is 12.9. The Kier molecular flexibility index (Phi) is 6.57.